The van der Waals surface area contributed by atoms with E-state index in [0.29, 0.717) is 0 Å². The molecule has 29 heavy (non-hydrogen) atoms. The number of hydroxylamine groups is 1. The van der Waals surface area contributed by atoms with Gasteiger partial charge in [0.05, 0.1) is 13.2 Å². The molecule has 4 atom stereocenters. The van der Waals surface area contributed by atoms with Gasteiger partial charge in [0, 0.05) is 20.8 Å². The van der Waals surface area contributed by atoms with Crippen LogP contribution in [0, 0.1) is 0 Å². The maximum atomic E-state index is 11.7. The van der Waals surface area contributed by atoms with Gasteiger partial charge in [-0.2, -0.15) is 0 Å². The third-order valence-corrected chi connectivity index (χ3v) is 4.01. The first-order chi connectivity index (χ1) is 13.8. The van der Waals surface area contributed by atoms with Crippen molar-refractivity contribution in [3.8, 4) is 0 Å². The summed E-state index contributed by atoms with van der Waals surface area (Å²) in [4.78, 5) is 38.9. The number of hydrogen-bond donors (Lipinski definition) is 2. The van der Waals surface area contributed by atoms with Crippen molar-refractivity contribution in [2.24, 2.45) is 4.99 Å². The molecule has 1 aliphatic rings. The van der Waals surface area contributed by atoms with E-state index in [1.165, 1.54) is 20.8 Å². The second kappa shape index (κ2) is 10.5. The van der Waals surface area contributed by atoms with Crippen molar-refractivity contribution in [3.63, 3.8) is 0 Å². The van der Waals surface area contributed by atoms with Gasteiger partial charge >= 0.3 is 17.9 Å². The highest BCUT2D eigenvalue weighted by Gasteiger charge is 2.48. The molecule has 1 heterocycles. The molecule has 0 spiro atoms. The van der Waals surface area contributed by atoms with E-state index in [1.807, 2.05) is 35.8 Å². The van der Waals surface area contributed by atoms with E-state index in [4.69, 9.17) is 18.9 Å². The largest absolute Gasteiger partial charge is 0.456 e. The number of carbonyl (C=O) groups is 3. The van der Waals surface area contributed by atoms with Crippen LogP contribution in [-0.4, -0.2) is 60.0 Å². The van der Waals surface area contributed by atoms with Crippen molar-refractivity contribution in [1.82, 2.24) is 5.48 Å². The molecule has 0 unspecified atom stereocenters. The Kier molecular flexibility index (Phi) is 8.10. The third-order valence-electron chi connectivity index (χ3n) is 4.01. The summed E-state index contributed by atoms with van der Waals surface area (Å²) < 4.78 is 21.4. The molecule has 0 aromatic heterocycles. The molecular formula is C19H24N2O8. The van der Waals surface area contributed by atoms with Gasteiger partial charge in [0.15, 0.2) is 30.3 Å². The predicted octanol–water partition coefficient (Wildman–Crippen LogP) is 0.758. The molecule has 0 amide bonds. The summed E-state index contributed by atoms with van der Waals surface area (Å²) >= 11 is 0. The Balaban J connectivity index is 2.32. The molecule has 1 saturated heterocycles. The Hall–Kier alpha value is -2.98. The first-order valence-corrected chi connectivity index (χ1v) is 8.93. The van der Waals surface area contributed by atoms with Gasteiger partial charge in [-0.05, 0) is 5.56 Å². The lowest BCUT2D eigenvalue weighted by atomic mass is 9.98. The van der Waals surface area contributed by atoms with Crippen LogP contribution in [0.3, 0.4) is 0 Å². The lowest BCUT2D eigenvalue weighted by Gasteiger charge is -2.40. The molecule has 0 bridgehead atoms. The summed E-state index contributed by atoms with van der Waals surface area (Å²) in [5.41, 5.74) is 2.83. The lowest BCUT2D eigenvalue weighted by Crippen LogP contribution is -2.61. The highest BCUT2D eigenvalue weighted by molar-refractivity contribution is 5.87. The topological polar surface area (TPSA) is 133 Å². The van der Waals surface area contributed by atoms with Crippen molar-refractivity contribution in [1.29, 1.82) is 0 Å². The number of esters is 3. The van der Waals surface area contributed by atoms with Crippen LogP contribution in [0.2, 0.25) is 0 Å². The Morgan fingerprint density at radius 3 is 2.17 bits per heavy atom. The van der Waals surface area contributed by atoms with E-state index >= 15 is 0 Å². The molecular weight excluding hydrogens is 384 g/mol. The van der Waals surface area contributed by atoms with Gasteiger partial charge in [0.2, 0.25) is 0 Å². The van der Waals surface area contributed by atoms with Crippen molar-refractivity contribution < 1.29 is 38.5 Å². The fraction of sp³-hybridized carbons (Fsp3) is 0.474. The maximum absolute atomic E-state index is 11.7. The van der Waals surface area contributed by atoms with Gasteiger partial charge < -0.3 is 18.9 Å². The van der Waals surface area contributed by atoms with Crippen LogP contribution in [0.15, 0.2) is 35.3 Å². The fourth-order valence-electron chi connectivity index (χ4n) is 2.92. The van der Waals surface area contributed by atoms with E-state index in [-0.39, 0.29) is 19.0 Å². The Labute approximate surface area is 167 Å². The van der Waals surface area contributed by atoms with Gasteiger partial charge in [-0.15, -0.1) is 0 Å². The van der Waals surface area contributed by atoms with Gasteiger partial charge in [0.1, 0.15) is 0 Å². The summed E-state index contributed by atoms with van der Waals surface area (Å²) in [5.74, 6) is -1.98. The quantitative estimate of drug-likeness (QED) is 0.230. The summed E-state index contributed by atoms with van der Waals surface area (Å²) in [7, 11) is 0. The highest BCUT2D eigenvalue weighted by atomic mass is 16.6. The second-order valence-corrected chi connectivity index (χ2v) is 6.35. The standard InChI is InChI=1S/C19H24N2O8/c1-11(22)27-15-10-26-18(17(29-13(3)24)16(15)28-12(2)23)19(21-25)20-9-14-7-5-4-6-8-14/h4-8,15-18,25H,9-10H2,1-3H3,(H,20,21)/t15-,16+,17-,18-/m1/s1. The monoisotopic (exact) mass is 408 g/mol. The molecule has 1 aromatic carbocycles. The van der Waals surface area contributed by atoms with E-state index in [9.17, 15) is 19.6 Å². The minimum absolute atomic E-state index is 0.0291. The van der Waals surface area contributed by atoms with Crippen LogP contribution in [0.25, 0.3) is 0 Å². The Morgan fingerprint density at radius 2 is 1.62 bits per heavy atom. The highest BCUT2D eigenvalue weighted by Crippen LogP contribution is 2.25. The molecule has 0 radical (unpaired) electrons. The number of aliphatic imine (C=N–C) groups is 1. The lowest BCUT2D eigenvalue weighted by molar-refractivity contribution is -0.217. The second-order valence-electron chi connectivity index (χ2n) is 6.35. The first kappa shape index (κ1) is 22.3. The van der Waals surface area contributed by atoms with Crippen LogP contribution >= 0.6 is 0 Å². The smallest absolute Gasteiger partial charge is 0.303 e. The average Bonchev–Trinajstić information content (AvgIpc) is 2.65. The zero-order chi connectivity index (χ0) is 21.4. The van der Waals surface area contributed by atoms with Crippen molar-refractivity contribution in [2.45, 2.75) is 51.7 Å². The molecule has 10 heteroatoms. The summed E-state index contributed by atoms with van der Waals surface area (Å²) in [5, 5.41) is 9.59. The zero-order valence-corrected chi connectivity index (χ0v) is 16.4. The normalized spacial score (nSPS) is 24.3. The van der Waals surface area contributed by atoms with Gasteiger partial charge in [-0.1, -0.05) is 30.3 Å². The van der Waals surface area contributed by atoms with E-state index in [0.717, 1.165) is 5.56 Å². The van der Waals surface area contributed by atoms with E-state index in [2.05, 4.69) is 4.99 Å². The molecule has 10 nitrogen and oxygen atoms in total. The van der Waals surface area contributed by atoms with Gasteiger partial charge in [-0.3, -0.25) is 30.1 Å². The number of amidine groups is 1. The Morgan fingerprint density at radius 1 is 1.03 bits per heavy atom. The number of rotatable bonds is 6. The van der Waals surface area contributed by atoms with Crippen molar-refractivity contribution in [2.75, 3.05) is 6.61 Å². The zero-order valence-electron chi connectivity index (χ0n) is 16.4. The van der Waals surface area contributed by atoms with Gasteiger partial charge in [-0.25, -0.2) is 0 Å². The molecule has 1 fully saturated rings. The number of nitrogens with zero attached hydrogens (tertiary/aromatic N) is 1. The summed E-state index contributed by atoms with van der Waals surface area (Å²) in [6, 6.07) is 9.24. The Bertz CT molecular complexity index is 752. The summed E-state index contributed by atoms with van der Waals surface area (Å²) in [6.07, 6.45) is -4.42. The van der Waals surface area contributed by atoms with E-state index < -0.39 is 42.3 Å². The van der Waals surface area contributed by atoms with Crippen molar-refractivity contribution in [3.05, 3.63) is 35.9 Å². The van der Waals surface area contributed by atoms with Crippen LogP contribution in [-0.2, 0) is 39.9 Å². The number of hydrogen-bond acceptors (Lipinski definition) is 9. The van der Waals surface area contributed by atoms with Crippen LogP contribution in [0.4, 0.5) is 0 Å². The minimum Gasteiger partial charge on any atom is -0.456 e. The molecule has 0 aliphatic carbocycles. The molecule has 158 valence electrons. The predicted molar refractivity (Wildman–Crippen MR) is 98.9 cm³/mol. The van der Waals surface area contributed by atoms with Crippen molar-refractivity contribution >= 4 is 23.7 Å². The van der Waals surface area contributed by atoms with Crippen LogP contribution in [0.1, 0.15) is 26.3 Å². The molecule has 2 rings (SSSR count). The molecule has 2 N–H and O–H groups in total. The molecule has 1 aromatic rings. The average molecular weight is 408 g/mol. The number of nitrogens with one attached hydrogen (secondary N) is 1. The number of benzene rings is 1. The van der Waals surface area contributed by atoms with Crippen LogP contribution < -0.4 is 5.48 Å². The third kappa shape index (κ3) is 6.54. The number of ether oxygens (including phenoxy) is 4. The van der Waals surface area contributed by atoms with Crippen LogP contribution in [0.5, 0.6) is 0 Å². The maximum Gasteiger partial charge on any atom is 0.303 e. The molecule has 0 saturated carbocycles. The number of carbonyl (C=O) groups excluding carboxylic acids is 3. The fourth-order valence-corrected chi connectivity index (χ4v) is 2.92. The SMILES string of the molecule is CC(=O)O[C@@H]1[C@@H](OC(C)=O)[C@H](C(=NCc2ccccc2)NO)OC[C@H]1OC(C)=O. The molecule has 1 aliphatic heterocycles. The van der Waals surface area contributed by atoms with Gasteiger partial charge in [0.25, 0.3) is 0 Å². The van der Waals surface area contributed by atoms with E-state index in [1.54, 1.807) is 0 Å². The summed E-state index contributed by atoms with van der Waals surface area (Å²) in [6.45, 7) is 3.59. The minimum atomic E-state index is -1.20. The first-order valence-electron chi connectivity index (χ1n) is 8.93.